The standard InChI is InChI=1S/C31H41NO6/c1-28-11-7-25-26(31(28,37)14-9-24(28)21-16-27(35)38-18-21)8-13-30(36)17-23(34)6-12-29(25,30)19-32-15-10-20-2-4-22(33)5-3-20/h2-5,16,19,23-26,33-34,36-37H,6-15,17-18H2,1H3/t23-,24+,25+,26+,28+,29-,30+,31-/m0/s1. The minimum Gasteiger partial charge on any atom is -0.508 e. The fourth-order valence-corrected chi connectivity index (χ4v) is 9.44. The summed E-state index contributed by atoms with van der Waals surface area (Å²) in [5.74, 6) is 0.208. The molecule has 0 bridgehead atoms. The van der Waals surface area contributed by atoms with Crippen molar-refractivity contribution in [2.24, 2.45) is 33.6 Å². The number of aliphatic hydroxyl groups excluding tert-OH is 1. The summed E-state index contributed by atoms with van der Waals surface area (Å²) >= 11 is 0. The average Bonchev–Trinajstić information content (AvgIpc) is 3.42. The van der Waals surface area contributed by atoms with E-state index >= 15 is 0 Å². The van der Waals surface area contributed by atoms with Gasteiger partial charge in [0.25, 0.3) is 0 Å². The van der Waals surface area contributed by atoms with Crippen molar-refractivity contribution in [2.45, 2.75) is 88.4 Å². The number of phenolic OH excluding ortho intramolecular Hbond substituents is 1. The molecule has 0 amide bonds. The molecule has 4 N–H and O–H groups in total. The lowest BCUT2D eigenvalue weighted by Gasteiger charge is -2.65. The number of fused-ring (bicyclic) bond motifs is 5. The van der Waals surface area contributed by atoms with E-state index in [1.807, 2.05) is 18.3 Å². The molecule has 1 aromatic rings. The zero-order valence-corrected chi connectivity index (χ0v) is 22.3. The summed E-state index contributed by atoms with van der Waals surface area (Å²) in [5.41, 5.74) is -0.719. The van der Waals surface area contributed by atoms with Crippen LogP contribution in [0.4, 0.5) is 0 Å². The molecule has 38 heavy (non-hydrogen) atoms. The lowest BCUT2D eigenvalue weighted by Crippen LogP contribution is -2.68. The van der Waals surface area contributed by atoms with Crippen molar-refractivity contribution in [2.75, 3.05) is 13.2 Å². The van der Waals surface area contributed by atoms with E-state index < -0.39 is 22.7 Å². The molecular weight excluding hydrogens is 482 g/mol. The molecule has 0 saturated heterocycles. The molecular formula is C31H41NO6. The highest BCUT2D eigenvalue weighted by Crippen LogP contribution is 2.70. The quantitative estimate of drug-likeness (QED) is 0.345. The highest BCUT2D eigenvalue weighted by atomic mass is 16.5. The van der Waals surface area contributed by atoms with Gasteiger partial charge in [0, 0.05) is 36.1 Å². The molecule has 0 unspecified atom stereocenters. The number of aromatic hydroxyl groups is 1. The summed E-state index contributed by atoms with van der Waals surface area (Å²) in [4.78, 5) is 16.7. The molecule has 1 aromatic carbocycles. The first kappa shape index (κ1) is 26.0. The Morgan fingerprint density at radius 2 is 1.79 bits per heavy atom. The minimum absolute atomic E-state index is 0.0314. The van der Waals surface area contributed by atoms with Crippen LogP contribution in [0.1, 0.15) is 70.3 Å². The first-order valence-electron chi connectivity index (χ1n) is 14.4. The van der Waals surface area contributed by atoms with Crippen LogP contribution >= 0.6 is 0 Å². The maximum absolute atomic E-state index is 12.5. The highest BCUT2D eigenvalue weighted by molar-refractivity contribution is 5.85. The van der Waals surface area contributed by atoms with E-state index in [0.29, 0.717) is 45.3 Å². The smallest absolute Gasteiger partial charge is 0.331 e. The second kappa shape index (κ2) is 9.17. The Kier molecular flexibility index (Phi) is 6.28. The van der Waals surface area contributed by atoms with Crippen LogP contribution in [-0.2, 0) is 16.0 Å². The lowest BCUT2D eigenvalue weighted by atomic mass is 9.41. The van der Waals surface area contributed by atoms with Crippen LogP contribution < -0.4 is 0 Å². The molecule has 0 aromatic heterocycles. The van der Waals surface area contributed by atoms with Crippen molar-refractivity contribution in [1.29, 1.82) is 0 Å². The maximum atomic E-state index is 12.5. The predicted molar refractivity (Wildman–Crippen MR) is 143 cm³/mol. The number of aliphatic imine (C=N–C) groups is 1. The number of hydrogen-bond donors (Lipinski definition) is 4. The van der Waals surface area contributed by atoms with Crippen LogP contribution in [0.15, 0.2) is 40.9 Å². The normalized spacial score (nSPS) is 44.3. The molecule has 0 radical (unpaired) electrons. The van der Waals surface area contributed by atoms with Crippen LogP contribution in [0.2, 0.25) is 0 Å². The summed E-state index contributed by atoms with van der Waals surface area (Å²) in [7, 11) is 0. The van der Waals surface area contributed by atoms with E-state index in [4.69, 9.17) is 9.73 Å². The zero-order chi connectivity index (χ0) is 26.8. The number of benzene rings is 1. The van der Waals surface area contributed by atoms with E-state index in [0.717, 1.165) is 43.2 Å². The minimum atomic E-state index is -1.04. The lowest BCUT2D eigenvalue weighted by molar-refractivity contribution is -0.237. The summed E-state index contributed by atoms with van der Waals surface area (Å²) < 4.78 is 5.25. The number of ether oxygens (including phenoxy) is 1. The molecule has 0 spiro atoms. The van der Waals surface area contributed by atoms with Crippen molar-refractivity contribution in [3.63, 3.8) is 0 Å². The van der Waals surface area contributed by atoms with Crippen LogP contribution in [-0.4, -0.2) is 63.1 Å². The summed E-state index contributed by atoms with van der Waals surface area (Å²) in [6, 6.07) is 7.17. The van der Waals surface area contributed by atoms with Crippen LogP contribution in [0.25, 0.3) is 0 Å². The van der Waals surface area contributed by atoms with Gasteiger partial charge in [0.1, 0.15) is 12.4 Å². The number of phenols is 1. The van der Waals surface area contributed by atoms with Gasteiger partial charge in [-0.05, 0) is 98.8 Å². The average molecular weight is 524 g/mol. The van der Waals surface area contributed by atoms with Crippen LogP contribution in [0.5, 0.6) is 5.75 Å². The van der Waals surface area contributed by atoms with Gasteiger partial charge < -0.3 is 25.2 Å². The van der Waals surface area contributed by atoms with Crippen molar-refractivity contribution < 1.29 is 30.0 Å². The monoisotopic (exact) mass is 523 g/mol. The Hall–Kier alpha value is -2.22. The number of rotatable bonds is 5. The van der Waals surface area contributed by atoms with Gasteiger partial charge in [0.05, 0.1) is 17.3 Å². The van der Waals surface area contributed by atoms with Crippen LogP contribution in [0, 0.1) is 28.6 Å². The third-order valence-electron chi connectivity index (χ3n) is 11.4. The number of esters is 1. The highest BCUT2D eigenvalue weighted by Gasteiger charge is 2.71. The van der Waals surface area contributed by atoms with E-state index in [9.17, 15) is 25.2 Å². The number of cyclic esters (lactones) is 1. The Bertz CT molecular complexity index is 1150. The molecule has 4 saturated carbocycles. The fourth-order valence-electron chi connectivity index (χ4n) is 9.44. The summed E-state index contributed by atoms with van der Waals surface area (Å²) in [6.07, 6.45) is 10.0. The molecule has 8 atom stereocenters. The second-order valence-corrected chi connectivity index (χ2v) is 13.0. The van der Waals surface area contributed by atoms with E-state index in [1.165, 1.54) is 0 Å². The van der Waals surface area contributed by atoms with Gasteiger partial charge >= 0.3 is 5.97 Å². The van der Waals surface area contributed by atoms with Crippen molar-refractivity contribution in [1.82, 2.24) is 0 Å². The van der Waals surface area contributed by atoms with E-state index in [1.54, 1.807) is 18.2 Å². The van der Waals surface area contributed by atoms with E-state index in [-0.39, 0.29) is 34.9 Å². The van der Waals surface area contributed by atoms with Gasteiger partial charge in [-0.1, -0.05) is 19.1 Å². The number of hydrogen-bond acceptors (Lipinski definition) is 7. The van der Waals surface area contributed by atoms with Gasteiger partial charge in [-0.15, -0.1) is 0 Å². The third-order valence-corrected chi connectivity index (χ3v) is 11.4. The third kappa shape index (κ3) is 3.80. The SMILES string of the molecule is C[C@]12CC[C@@H]3[C@@H](CC[C@@]4(O)C[C@@H](O)CC[C@]34C=NCCc3ccc(O)cc3)[C@@]1(O)CC[C@@H]2C1=CC(=O)OC1. The first-order chi connectivity index (χ1) is 18.1. The number of carbonyl (C=O) groups excluding carboxylic acids is 1. The second-order valence-electron chi connectivity index (χ2n) is 13.0. The summed E-state index contributed by atoms with van der Waals surface area (Å²) in [6.45, 7) is 3.11. The van der Waals surface area contributed by atoms with Gasteiger partial charge in [0.15, 0.2) is 0 Å². The van der Waals surface area contributed by atoms with Gasteiger partial charge in [0.2, 0.25) is 0 Å². The van der Waals surface area contributed by atoms with E-state index in [2.05, 4.69) is 6.92 Å². The number of carbonyl (C=O) groups is 1. The van der Waals surface area contributed by atoms with Gasteiger partial charge in [-0.2, -0.15) is 0 Å². The predicted octanol–water partition coefficient (Wildman–Crippen LogP) is 3.72. The molecule has 7 nitrogen and oxygen atoms in total. The molecule has 1 heterocycles. The fraction of sp³-hybridized carbons (Fsp3) is 0.677. The topological polar surface area (TPSA) is 120 Å². The Labute approximate surface area is 224 Å². The Morgan fingerprint density at radius 3 is 2.53 bits per heavy atom. The molecule has 4 aliphatic carbocycles. The first-order valence-corrected chi connectivity index (χ1v) is 14.4. The largest absolute Gasteiger partial charge is 0.508 e. The number of aliphatic hydroxyl groups is 3. The summed E-state index contributed by atoms with van der Waals surface area (Å²) in [5, 5.41) is 44.7. The molecule has 1 aliphatic heterocycles. The molecule has 5 aliphatic rings. The van der Waals surface area contributed by atoms with Crippen molar-refractivity contribution >= 4 is 12.2 Å². The number of nitrogens with zero attached hydrogens (tertiary/aromatic N) is 1. The Morgan fingerprint density at radius 1 is 1.03 bits per heavy atom. The molecule has 206 valence electrons. The molecule has 4 fully saturated rings. The molecule has 7 heteroatoms. The van der Waals surface area contributed by atoms with Crippen LogP contribution in [0.3, 0.4) is 0 Å². The zero-order valence-electron chi connectivity index (χ0n) is 22.3. The Balaban J connectivity index is 1.30. The van der Waals surface area contributed by atoms with Gasteiger partial charge in [-0.25, -0.2) is 4.79 Å². The van der Waals surface area contributed by atoms with Crippen molar-refractivity contribution in [3.8, 4) is 5.75 Å². The van der Waals surface area contributed by atoms with Gasteiger partial charge in [-0.3, -0.25) is 4.99 Å². The maximum Gasteiger partial charge on any atom is 0.331 e. The molecule has 6 rings (SSSR count). The van der Waals surface area contributed by atoms with Crippen molar-refractivity contribution in [3.05, 3.63) is 41.5 Å².